The van der Waals surface area contributed by atoms with Crippen molar-refractivity contribution in [1.82, 2.24) is 15.2 Å². The Morgan fingerprint density at radius 2 is 2.11 bits per heavy atom. The zero-order valence-electron chi connectivity index (χ0n) is 11.9. The van der Waals surface area contributed by atoms with E-state index in [2.05, 4.69) is 10.3 Å². The van der Waals surface area contributed by atoms with E-state index in [1.54, 1.807) is 4.90 Å². The Morgan fingerprint density at radius 3 is 2.67 bits per heavy atom. The molecule has 0 radical (unpaired) electrons. The first kappa shape index (κ1) is 14.6. The minimum atomic E-state index is -0.534. The van der Waals surface area contributed by atoms with Gasteiger partial charge in [0.15, 0.2) is 0 Å². The van der Waals surface area contributed by atoms with Crippen molar-refractivity contribution in [1.29, 1.82) is 0 Å². The van der Waals surface area contributed by atoms with Gasteiger partial charge in [-0.25, -0.2) is 0 Å². The molecule has 1 amide bonds. The molecule has 0 aliphatic rings. The summed E-state index contributed by atoms with van der Waals surface area (Å²) in [6.45, 7) is 9.06. The van der Waals surface area contributed by atoms with Gasteiger partial charge in [0.2, 0.25) is 5.91 Å². The molecule has 1 rings (SSSR count). The molecule has 1 heterocycles. The van der Waals surface area contributed by atoms with Crippen molar-refractivity contribution in [3.8, 4) is 0 Å². The Morgan fingerprint density at radius 1 is 1.44 bits per heavy atom. The third-order valence-corrected chi connectivity index (χ3v) is 2.85. The molecule has 1 N–H and O–H groups in total. The van der Waals surface area contributed by atoms with E-state index in [4.69, 9.17) is 0 Å². The molecular formula is C14H23N3O. The largest absolute Gasteiger partial charge is 0.338 e. The van der Waals surface area contributed by atoms with Crippen molar-refractivity contribution in [3.63, 3.8) is 0 Å². The summed E-state index contributed by atoms with van der Waals surface area (Å²) in [6.07, 6.45) is 0. The van der Waals surface area contributed by atoms with Crippen molar-refractivity contribution < 1.29 is 4.79 Å². The predicted octanol–water partition coefficient (Wildman–Crippen LogP) is 1.74. The van der Waals surface area contributed by atoms with Gasteiger partial charge in [-0.3, -0.25) is 9.78 Å². The van der Waals surface area contributed by atoms with Gasteiger partial charge >= 0.3 is 0 Å². The maximum Gasteiger partial charge on any atom is 0.242 e. The monoisotopic (exact) mass is 249 g/mol. The van der Waals surface area contributed by atoms with Crippen LogP contribution in [0.2, 0.25) is 0 Å². The van der Waals surface area contributed by atoms with Crippen molar-refractivity contribution in [2.45, 2.75) is 39.8 Å². The van der Waals surface area contributed by atoms with E-state index in [1.165, 1.54) is 0 Å². The van der Waals surface area contributed by atoms with Gasteiger partial charge < -0.3 is 10.2 Å². The third-order valence-electron chi connectivity index (χ3n) is 2.85. The molecule has 100 valence electrons. The number of rotatable bonds is 5. The maximum absolute atomic E-state index is 12.3. The number of nitrogens with one attached hydrogen (secondary N) is 1. The summed E-state index contributed by atoms with van der Waals surface area (Å²) in [5, 5.41) is 3.19. The molecule has 0 aliphatic heterocycles. The summed E-state index contributed by atoms with van der Waals surface area (Å²) in [6, 6.07) is 5.86. The average Bonchev–Trinajstić information content (AvgIpc) is 2.27. The first-order chi connectivity index (χ1) is 8.36. The fraction of sp³-hybridized carbons (Fsp3) is 0.571. The van der Waals surface area contributed by atoms with Crippen molar-refractivity contribution in [3.05, 3.63) is 29.6 Å². The molecule has 0 spiro atoms. The lowest BCUT2D eigenvalue weighted by Crippen LogP contribution is -2.52. The second-order valence-electron chi connectivity index (χ2n) is 5.09. The Labute approximate surface area is 109 Å². The fourth-order valence-electron chi connectivity index (χ4n) is 2.00. The molecule has 0 saturated heterocycles. The van der Waals surface area contributed by atoms with Crippen molar-refractivity contribution in [2.24, 2.45) is 0 Å². The lowest BCUT2D eigenvalue weighted by Gasteiger charge is -2.29. The molecule has 4 nitrogen and oxygen atoms in total. The highest BCUT2D eigenvalue weighted by Crippen LogP contribution is 2.09. The van der Waals surface area contributed by atoms with Gasteiger partial charge in [0.05, 0.1) is 17.8 Å². The number of hydrogen-bond acceptors (Lipinski definition) is 3. The summed E-state index contributed by atoms with van der Waals surface area (Å²) in [5.74, 6) is 0.0765. The van der Waals surface area contributed by atoms with Crippen molar-refractivity contribution in [2.75, 3.05) is 13.6 Å². The zero-order chi connectivity index (χ0) is 13.8. The van der Waals surface area contributed by atoms with Crippen LogP contribution < -0.4 is 5.32 Å². The number of aryl methyl sites for hydroxylation is 1. The Kier molecular flexibility index (Phi) is 4.84. The van der Waals surface area contributed by atoms with E-state index < -0.39 is 5.54 Å². The molecule has 0 aliphatic carbocycles. The number of aromatic nitrogens is 1. The zero-order valence-corrected chi connectivity index (χ0v) is 11.9. The van der Waals surface area contributed by atoms with E-state index in [-0.39, 0.29) is 5.91 Å². The SMILES string of the molecule is CCNC(C)(C)C(=O)N(C)Cc1cccc(C)n1. The van der Waals surface area contributed by atoms with Gasteiger partial charge in [0.1, 0.15) is 0 Å². The summed E-state index contributed by atoms with van der Waals surface area (Å²) >= 11 is 0. The van der Waals surface area contributed by atoms with Crippen LogP contribution in [-0.2, 0) is 11.3 Å². The number of carbonyl (C=O) groups excluding carboxylic acids is 1. The van der Waals surface area contributed by atoms with Crippen LogP contribution in [0.15, 0.2) is 18.2 Å². The number of nitrogens with zero attached hydrogens (tertiary/aromatic N) is 2. The molecule has 0 unspecified atom stereocenters. The fourth-order valence-corrected chi connectivity index (χ4v) is 2.00. The standard InChI is InChI=1S/C14H23N3O/c1-6-15-14(3,4)13(18)17(5)10-12-9-7-8-11(2)16-12/h7-9,15H,6,10H2,1-5H3. The molecule has 18 heavy (non-hydrogen) atoms. The van der Waals surface area contributed by atoms with Crippen LogP contribution in [0.4, 0.5) is 0 Å². The van der Waals surface area contributed by atoms with Gasteiger partial charge in [-0.15, -0.1) is 0 Å². The Bertz CT molecular complexity index is 415. The van der Waals surface area contributed by atoms with Crippen LogP contribution in [0.25, 0.3) is 0 Å². The lowest BCUT2D eigenvalue weighted by molar-refractivity contribution is -0.136. The molecule has 0 saturated carbocycles. The van der Waals surface area contributed by atoms with Gasteiger partial charge in [-0.05, 0) is 39.4 Å². The van der Waals surface area contributed by atoms with Crippen LogP contribution >= 0.6 is 0 Å². The van der Waals surface area contributed by atoms with E-state index in [9.17, 15) is 4.79 Å². The Balaban J connectivity index is 2.71. The lowest BCUT2D eigenvalue weighted by atomic mass is 10.0. The molecule has 0 atom stereocenters. The summed E-state index contributed by atoms with van der Waals surface area (Å²) < 4.78 is 0. The highest BCUT2D eigenvalue weighted by molar-refractivity contribution is 5.85. The predicted molar refractivity (Wildman–Crippen MR) is 73.2 cm³/mol. The van der Waals surface area contributed by atoms with E-state index >= 15 is 0 Å². The number of carbonyl (C=O) groups is 1. The first-order valence-corrected chi connectivity index (χ1v) is 6.30. The highest BCUT2D eigenvalue weighted by Gasteiger charge is 2.29. The number of likely N-dealkylation sites (N-methyl/N-ethyl adjacent to an activating group) is 2. The quantitative estimate of drug-likeness (QED) is 0.864. The molecule has 0 bridgehead atoms. The van der Waals surface area contributed by atoms with E-state index in [0.717, 1.165) is 17.9 Å². The normalized spacial score (nSPS) is 11.4. The van der Waals surface area contributed by atoms with E-state index in [0.29, 0.717) is 6.54 Å². The summed E-state index contributed by atoms with van der Waals surface area (Å²) in [7, 11) is 1.81. The van der Waals surface area contributed by atoms with Gasteiger partial charge in [-0.2, -0.15) is 0 Å². The second-order valence-corrected chi connectivity index (χ2v) is 5.09. The van der Waals surface area contributed by atoms with Crippen LogP contribution in [0.5, 0.6) is 0 Å². The minimum Gasteiger partial charge on any atom is -0.338 e. The maximum atomic E-state index is 12.3. The van der Waals surface area contributed by atoms with E-state index in [1.807, 2.05) is 52.9 Å². The second kappa shape index (κ2) is 5.96. The highest BCUT2D eigenvalue weighted by atomic mass is 16.2. The Hall–Kier alpha value is -1.42. The topological polar surface area (TPSA) is 45.2 Å². The molecule has 0 aromatic carbocycles. The molecule has 1 aromatic rings. The van der Waals surface area contributed by atoms with Crippen LogP contribution in [0.1, 0.15) is 32.2 Å². The van der Waals surface area contributed by atoms with Gasteiger partial charge in [0.25, 0.3) is 0 Å². The molecule has 1 aromatic heterocycles. The summed E-state index contributed by atoms with van der Waals surface area (Å²) in [4.78, 5) is 18.4. The third kappa shape index (κ3) is 3.81. The first-order valence-electron chi connectivity index (χ1n) is 6.30. The number of pyridine rings is 1. The van der Waals surface area contributed by atoms with Gasteiger partial charge in [0, 0.05) is 12.7 Å². The van der Waals surface area contributed by atoms with Crippen LogP contribution in [-0.4, -0.2) is 34.9 Å². The molecule has 4 heteroatoms. The molecular weight excluding hydrogens is 226 g/mol. The number of hydrogen-bond donors (Lipinski definition) is 1. The average molecular weight is 249 g/mol. The molecule has 0 fully saturated rings. The van der Waals surface area contributed by atoms with Crippen LogP contribution in [0.3, 0.4) is 0 Å². The van der Waals surface area contributed by atoms with Crippen LogP contribution in [0, 0.1) is 6.92 Å². The van der Waals surface area contributed by atoms with Gasteiger partial charge in [-0.1, -0.05) is 13.0 Å². The summed E-state index contributed by atoms with van der Waals surface area (Å²) in [5.41, 5.74) is 1.35. The van der Waals surface area contributed by atoms with Crippen molar-refractivity contribution >= 4 is 5.91 Å². The minimum absolute atomic E-state index is 0.0765. The smallest absolute Gasteiger partial charge is 0.242 e. The number of amides is 1.